The summed E-state index contributed by atoms with van der Waals surface area (Å²) in [6.45, 7) is 4.16. The van der Waals surface area contributed by atoms with E-state index in [0.717, 1.165) is 16.4 Å². The summed E-state index contributed by atoms with van der Waals surface area (Å²) >= 11 is 1.64. The number of hydrogen-bond acceptors (Lipinski definition) is 3. The molecule has 0 spiro atoms. The quantitative estimate of drug-likeness (QED) is 0.568. The van der Waals surface area contributed by atoms with Crippen molar-refractivity contribution in [2.45, 2.75) is 13.8 Å². The number of thioether (sulfide) groups is 1. The van der Waals surface area contributed by atoms with Crippen molar-refractivity contribution in [3.63, 3.8) is 0 Å². The molecule has 1 aromatic carbocycles. The zero-order valence-corrected chi connectivity index (χ0v) is 10.7. The highest BCUT2D eigenvalue weighted by atomic mass is 32.2. The van der Waals surface area contributed by atoms with Crippen molar-refractivity contribution in [1.82, 2.24) is 0 Å². The Morgan fingerprint density at radius 2 is 2.00 bits per heavy atom. The topological polar surface area (TPSA) is 21.6 Å². The number of nitrogens with zero attached hydrogens (tertiary/aromatic N) is 1. The summed E-state index contributed by atoms with van der Waals surface area (Å²) in [5, 5.41) is 1.02. The molecule has 0 radical (unpaired) electrons. The van der Waals surface area contributed by atoms with E-state index in [1.165, 1.54) is 11.1 Å². The van der Waals surface area contributed by atoms with Crippen LogP contribution in [0.5, 0.6) is 5.75 Å². The lowest BCUT2D eigenvalue weighted by Gasteiger charge is -2.13. The lowest BCUT2D eigenvalue weighted by Crippen LogP contribution is -2.02. The molecule has 0 bridgehead atoms. The number of aryl methyl sites for hydroxylation is 2. The lowest BCUT2D eigenvalue weighted by atomic mass is 10.1. The Morgan fingerprint density at radius 1 is 1.33 bits per heavy atom. The van der Waals surface area contributed by atoms with Crippen LogP contribution in [0.4, 0.5) is 0 Å². The molecule has 2 nitrogen and oxygen atoms in total. The van der Waals surface area contributed by atoms with Crippen molar-refractivity contribution in [1.29, 1.82) is 0 Å². The third-order valence-corrected chi connectivity index (χ3v) is 3.05. The van der Waals surface area contributed by atoms with Crippen LogP contribution in [0.25, 0.3) is 0 Å². The predicted molar refractivity (Wildman–Crippen MR) is 68.4 cm³/mol. The minimum absolute atomic E-state index is 0.905. The van der Waals surface area contributed by atoms with Gasteiger partial charge in [0.1, 0.15) is 10.8 Å². The van der Waals surface area contributed by atoms with Crippen LogP contribution >= 0.6 is 11.8 Å². The van der Waals surface area contributed by atoms with Crippen molar-refractivity contribution in [2.75, 3.05) is 20.4 Å². The summed E-state index contributed by atoms with van der Waals surface area (Å²) < 4.78 is 5.40. The van der Waals surface area contributed by atoms with Gasteiger partial charge in [0.2, 0.25) is 0 Å². The van der Waals surface area contributed by atoms with Crippen LogP contribution in [0, 0.1) is 13.8 Å². The van der Waals surface area contributed by atoms with Gasteiger partial charge < -0.3 is 4.74 Å². The van der Waals surface area contributed by atoms with E-state index in [9.17, 15) is 0 Å². The van der Waals surface area contributed by atoms with Gasteiger partial charge in [-0.1, -0.05) is 6.07 Å². The summed E-state index contributed by atoms with van der Waals surface area (Å²) in [4.78, 5) is 4.28. The summed E-state index contributed by atoms with van der Waals surface area (Å²) in [6, 6.07) is 4.20. The van der Waals surface area contributed by atoms with E-state index in [1.54, 1.807) is 18.9 Å². The third kappa shape index (κ3) is 2.53. The fourth-order valence-electron chi connectivity index (χ4n) is 1.67. The first-order chi connectivity index (χ1) is 7.13. The van der Waals surface area contributed by atoms with Gasteiger partial charge in [0, 0.05) is 7.05 Å². The maximum atomic E-state index is 5.40. The lowest BCUT2D eigenvalue weighted by molar-refractivity contribution is 0.413. The SMILES string of the molecule is CN=C(SC)c1c(C)cc(C)cc1OC. The van der Waals surface area contributed by atoms with Crippen molar-refractivity contribution < 1.29 is 4.74 Å². The second-order valence-corrected chi connectivity index (χ2v) is 4.19. The molecule has 0 aromatic heterocycles. The average Bonchev–Trinajstić information content (AvgIpc) is 2.21. The van der Waals surface area contributed by atoms with E-state index in [4.69, 9.17) is 4.74 Å². The van der Waals surface area contributed by atoms with E-state index in [1.807, 2.05) is 19.4 Å². The summed E-state index contributed by atoms with van der Waals surface area (Å²) in [5.41, 5.74) is 3.53. The van der Waals surface area contributed by atoms with E-state index < -0.39 is 0 Å². The molecular formula is C12H17NOS. The monoisotopic (exact) mass is 223 g/mol. The normalized spacial score (nSPS) is 11.7. The second kappa shape index (κ2) is 5.21. The van der Waals surface area contributed by atoms with Crippen molar-refractivity contribution in [3.05, 3.63) is 28.8 Å². The molecule has 0 aliphatic carbocycles. The van der Waals surface area contributed by atoms with E-state index >= 15 is 0 Å². The Labute approximate surface area is 95.8 Å². The molecule has 0 unspecified atom stereocenters. The maximum Gasteiger partial charge on any atom is 0.129 e. The summed E-state index contributed by atoms with van der Waals surface area (Å²) in [7, 11) is 3.51. The van der Waals surface area contributed by atoms with Gasteiger partial charge >= 0.3 is 0 Å². The van der Waals surface area contributed by atoms with Gasteiger partial charge in [0.05, 0.1) is 12.7 Å². The molecular weight excluding hydrogens is 206 g/mol. The largest absolute Gasteiger partial charge is 0.496 e. The first-order valence-electron chi connectivity index (χ1n) is 4.80. The number of aliphatic imine (C=N–C) groups is 1. The van der Waals surface area contributed by atoms with E-state index in [2.05, 4.69) is 24.9 Å². The number of rotatable bonds is 2. The van der Waals surface area contributed by atoms with Gasteiger partial charge in [-0.2, -0.15) is 0 Å². The molecule has 0 atom stereocenters. The van der Waals surface area contributed by atoms with Crippen LogP contribution in [0.1, 0.15) is 16.7 Å². The minimum atomic E-state index is 0.905. The van der Waals surface area contributed by atoms with Crippen molar-refractivity contribution >= 4 is 16.8 Å². The van der Waals surface area contributed by atoms with Crippen LogP contribution in [0.15, 0.2) is 17.1 Å². The van der Waals surface area contributed by atoms with Gasteiger partial charge in [0.15, 0.2) is 0 Å². The molecule has 1 rings (SSSR count). The molecule has 0 fully saturated rings. The van der Waals surface area contributed by atoms with Crippen molar-refractivity contribution in [3.8, 4) is 5.75 Å². The fourth-order valence-corrected chi connectivity index (χ4v) is 2.32. The molecule has 0 heterocycles. The smallest absolute Gasteiger partial charge is 0.129 e. The molecule has 0 amide bonds. The zero-order valence-electron chi connectivity index (χ0n) is 9.92. The predicted octanol–water partition coefficient (Wildman–Crippen LogP) is 3.05. The fraction of sp³-hybridized carbons (Fsp3) is 0.417. The van der Waals surface area contributed by atoms with Gasteiger partial charge in [-0.3, -0.25) is 4.99 Å². The van der Waals surface area contributed by atoms with Crippen LogP contribution in [0.3, 0.4) is 0 Å². The number of ether oxygens (including phenoxy) is 1. The van der Waals surface area contributed by atoms with E-state index in [0.29, 0.717) is 0 Å². The zero-order chi connectivity index (χ0) is 11.4. The number of benzene rings is 1. The highest BCUT2D eigenvalue weighted by molar-refractivity contribution is 8.13. The number of hydrogen-bond donors (Lipinski definition) is 0. The first kappa shape index (κ1) is 12.1. The first-order valence-corrected chi connectivity index (χ1v) is 6.03. The maximum absolute atomic E-state index is 5.40. The Bertz CT molecular complexity index is 385. The molecule has 3 heteroatoms. The second-order valence-electron chi connectivity index (χ2n) is 3.39. The molecule has 15 heavy (non-hydrogen) atoms. The Balaban J connectivity index is 3.38. The van der Waals surface area contributed by atoms with Crippen LogP contribution in [-0.2, 0) is 0 Å². The van der Waals surface area contributed by atoms with Gasteiger partial charge in [-0.15, -0.1) is 11.8 Å². The highest BCUT2D eigenvalue weighted by Crippen LogP contribution is 2.27. The van der Waals surface area contributed by atoms with Crippen LogP contribution in [0.2, 0.25) is 0 Å². The van der Waals surface area contributed by atoms with Crippen LogP contribution < -0.4 is 4.74 Å². The van der Waals surface area contributed by atoms with Gasteiger partial charge in [-0.25, -0.2) is 0 Å². The van der Waals surface area contributed by atoms with Gasteiger partial charge in [0.25, 0.3) is 0 Å². The van der Waals surface area contributed by atoms with E-state index in [-0.39, 0.29) is 0 Å². The van der Waals surface area contributed by atoms with Crippen LogP contribution in [-0.4, -0.2) is 25.5 Å². The highest BCUT2D eigenvalue weighted by Gasteiger charge is 2.12. The number of methoxy groups -OCH3 is 1. The molecule has 0 saturated heterocycles. The van der Waals surface area contributed by atoms with Gasteiger partial charge in [-0.05, 0) is 37.3 Å². The Kier molecular flexibility index (Phi) is 4.21. The Hall–Kier alpha value is -0.960. The molecule has 82 valence electrons. The molecule has 0 N–H and O–H groups in total. The van der Waals surface area contributed by atoms with Crippen molar-refractivity contribution in [2.24, 2.45) is 4.99 Å². The Morgan fingerprint density at radius 3 is 2.47 bits per heavy atom. The third-order valence-electron chi connectivity index (χ3n) is 2.27. The standard InChI is InChI=1S/C12H17NOS/c1-8-6-9(2)11(10(7-8)14-4)12(13-3)15-5/h6-7H,1-5H3. The molecule has 1 aromatic rings. The summed E-state index contributed by atoms with van der Waals surface area (Å²) in [6.07, 6.45) is 2.03. The minimum Gasteiger partial charge on any atom is -0.496 e. The average molecular weight is 223 g/mol. The molecule has 0 aliphatic rings. The molecule has 0 saturated carbocycles. The summed E-state index contributed by atoms with van der Waals surface area (Å²) in [5.74, 6) is 0.905. The molecule has 0 aliphatic heterocycles.